The fourth-order valence-corrected chi connectivity index (χ4v) is 2.76. The molecule has 0 aliphatic carbocycles. The van der Waals surface area contributed by atoms with Gasteiger partial charge >= 0.3 is 0 Å². The maximum atomic E-state index is 5.09. The number of fused-ring (bicyclic) bond motifs is 1. The number of aromatic nitrogens is 1. The largest absolute Gasteiger partial charge is 0.385 e. The number of guanidine groups is 1. The highest BCUT2D eigenvalue weighted by molar-refractivity contribution is 14.0. The van der Waals surface area contributed by atoms with Crippen molar-refractivity contribution >= 4 is 40.8 Å². The quantitative estimate of drug-likeness (QED) is 0.235. The monoisotopic (exact) mass is 485 g/mol. The predicted molar refractivity (Wildman–Crippen MR) is 124 cm³/mol. The van der Waals surface area contributed by atoms with Crippen molar-refractivity contribution in [2.45, 2.75) is 19.9 Å². The average molecular weight is 485 g/mol. The minimum atomic E-state index is 0. The third-order valence-electron chi connectivity index (χ3n) is 4.14. The molecular weight excluding hydrogens is 453 g/mol. The second-order valence-corrected chi connectivity index (χ2v) is 6.26. The van der Waals surface area contributed by atoms with Gasteiger partial charge in [0.15, 0.2) is 5.96 Å². The van der Waals surface area contributed by atoms with E-state index in [4.69, 9.17) is 9.73 Å². The topological polar surface area (TPSA) is 61.8 Å². The summed E-state index contributed by atoms with van der Waals surface area (Å²) < 4.78 is 5.09. The number of hydrogen-bond donors (Lipinski definition) is 2. The van der Waals surface area contributed by atoms with Crippen molar-refractivity contribution in [2.24, 2.45) is 4.99 Å². The summed E-state index contributed by atoms with van der Waals surface area (Å²) in [6.07, 6.45) is 2.88. The molecule has 27 heavy (non-hydrogen) atoms. The molecule has 0 aliphatic rings. The lowest BCUT2D eigenvalue weighted by Gasteiger charge is -2.18. The van der Waals surface area contributed by atoms with Gasteiger partial charge in [-0.15, -0.1) is 24.0 Å². The molecule has 0 atom stereocenters. The van der Waals surface area contributed by atoms with Crippen molar-refractivity contribution in [3.8, 4) is 0 Å². The van der Waals surface area contributed by atoms with Gasteiger partial charge in [-0.05, 0) is 32.0 Å². The second kappa shape index (κ2) is 13.7. The zero-order chi connectivity index (χ0) is 18.6. The Kier molecular flexibility index (Phi) is 12.0. The molecule has 0 saturated heterocycles. The van der Waals surface area contributed by atoms with Crippen molar-refractivity contribution in [1.82, 2.24) is 20.5 Å². The SMILES string of the molecule is CCNC(=NCc1cccc2cccnc12)NCCN(C)CCCOC.I. The second-order valence-electron chi connectivity index (χ2n) is 6.26. The normalized spacial score (nSPS) is 11.5. The van der Waals surface area contributed by atoms with Crippen LogP contribution in [0.4, 0.5) is 0 Å². The number of rotatable bonds is 10. The molecule has 0 spiro atoms. The van der Waals surface area contributed by atoms with Crippen molar-refractivity contribution in [3.05, 3.63) is 42.1 Å². The van der Waals surface area contributed by atoms with Crippen molar-refractivity contribution in [2.75, 3.05) is 46.9 Å². The summed E-state index contributed by atoms with van der Waals surface area (Å²) in [5.41, 5.74) is 2.16. The fraction of sp³-hybridized carbons (Fsp3) is 0.500. The molecule has 1 heterocycles. The van der Waals surface area contributed by atoms with Gasteiger partial charge < -0.3 is 20.3 Å². The van der Waals surface area contributed by atoms with Gasteiger partial charge in [-0.25, -0.2) is 4.99 Å². The first kappa shape index (κ1) is 23.6. The molecule has 2 rings (SSSR count). The van der Waals surface area contributed by atoms with Gasteiger partial charge in [-0.1, -0.05) is 24.3 Å². The van der Waals surface area contributed by atoms with E-state index in [0.717, 1.165) is 61.6 Å². The van der Waals surface area contributed by atoms with Crippen LogP contribution in [0.2, 0.25) is 0 Å². The smallest absolute Gasteiger partial charge is 0.191 e. The highest BCUT2D eigenvalue weighted by Crippen LogP contribution is 2.16. The molecule has 7 heteroatoms. The van der Waals surface area contributed by atoms with Gasteiger partial charge in [0.2, 0.25) is 0 Å². The number of ether oxygens (including phenoxy) is 1. The third kappa shape index (κ3) is 8.40. The predicted octanol–water partition coefficient (Wildman–Crippen LogP) is 2.88. The number of para-hydroxylation sites is 1. The Balaban J connectivity index is 0.00000364. The molecule has 0 amide bonds. The van der Waals surface area contributed by atoms with Crippen LogP contribution in [0.15, 0.2) is 41.5 Å². The van der Waals surface area contributed by atoms with Crippen LogP contribution < -0.4 is 10.6 Å². The summed E-state index contributed by atoms with van der Waals surface area (Å²) in [7, 11) is 3.87. The Morgan fingerprint density at radius 1 is 1.19 bits per heavy atom. The molecule has 0 radical (unpaired) electrons. The van der Waals surface area contributed by atoms with E-state index in [2.05, 4.69) is 58.8 Å². The number of likely N-dealkylation sites (N-methyl/N-ethyl adjacent to an activating group) is 1. The van der Waals surface area contributed by atoms with Crippen molar-refractivity contribution in [1.29, 1.82) is 0 Å². The number of aliphatic imine (C=N–C) groups is 1. The zero-order valence-electron chi connectivity index (χ0n) is 16.6. The van der Waals surface area contributed by atoms with Crippen molar-refractivity contribution < 1.29 is 4.74 Å². The fourth-order valence-electron chi connectivity index (χ4n) is 2.76. The lowest BCUT2D eigenvalue weighted by Crippen LogP contribution is -2.41. The molecular formula is C20H32IN5O. The van der Waals surface area contributed by atoms with Crippen LogP contribution in [0.3, 0.4) is 0 Å². The number of nitrogens with zero attached hydrogens (tertiary/aromatic N) is 3. The molecule has 0 unspecified atom stereocenters. The van der Waals surface area contributed by atoms with Crippen LogP contribution in [-0.4, -0.2) is 62.8 Å². The summed E-state index contributed by atoms with van der Waals surface area (Å²) in [6, 6.07) is 10.3. The maximum absolute atomic E-state index is 5.09. The van der Waals surface area contributed by atoms with Crippen LogP contribution in [0, 0.1) is 0 Å². The number of hydrogen-bond acceptors (Lipinski definition) is 4. The van der Waals surface area contributed by atoms with Crippen LogP contribution in [-0.2, 0) is 11.3 Å². The number of methoxy groups -OCH3 is 1. The molecule has 2 N–H and O–H groups in total. The standard InChI is InChI=1S/C20H31N5O.HI/c1-4-21-20(23-12-14-25(2)13-7-15-26-3)24-16-18-9-5-8-17-10-6-11-22-19(17)18;/h5-6,8-11H,4,7,12-16H2,1-3H3,(H2,21,23,24);1H. The highest BCUT2D eigenvalue weighted by Gasteiger charge is 2.03. The third-order valence-corrected chi connectivity index (χ3v) is 4.14. The molecule has 0 aliphatic heterocycles. The van der Waals surface area contributed by atoms with Gasteiger partial charge in [0.25, 0.3) is 0 Å². The van der Waals surface area contributed by atoms with Crippen LogP contribution in [0.5, 0.6) is 0 Å². The van der Waals surface area contributed by atoms with E-state index in [9.17, 15) is 0 Å². The summed E-state index contributed by atoms with van der Waals surface area (Å²) >= 11 is 0. The van der Waals surface area contributed by atoms with Crippen LogP contribution in [0.1, 0.15) is 18.9 Å². The Hall–Kier alpha value is -1.45. The lowest BCUT2D eigenvalue weighted by atomic mass is 10.1. The number of halogens is 1. The average Bonchev–Trinajstić information content (AvgIpc) is 2.66. The Morgan fingerprint density at radius 2 is 2.00 bits per heavy atom. The highest BCUT2D eigenvalue weighted by atomic mass is 127. The maximum Gasteiger partial charge on any atom is 0.191 e. The lowest BCUT2D eigenvalue weighted by molar-refractivity contribution is 0.180. The first-order valence-electron chi connectivity index (χ1n) is 9.27. The van der Waals surface area contributed by atoms with Crippen LogP contribution in [0.25, 0.3) is 10.9 Å². The van der Waals surface area contributed by atoms with Gasteiger partial charge in [0.05, 0.1) is 12.1 Å². The molecule has 0 bridgehead atoms. The zero-order valence-corrected chi connectivity index (χ0v) is 18.9. The molecule has 1 aromatic heterocycles. The van der Waals surface area contributed by atoms with E-state index in [1.54, 1.807) is 7.11 Å². The molecule has 150 valence electrons. The number of benzene rings is 1. The Bertz CT molecular complexity index is 690. The first-order valence-corrected chi connectivity index (χ1v) is 9.27. The van der Waals surface area contributed by atoms with Gasteiger partial charge in [-0.3, -0.25) is 4.98 Å². The summed E-state index contributed by atoms with van der Waals surface area (Å²) in [4.78, 5) is 11.5. The van der Waals surface area contributed by atoms with E-state index in [1.165, 1.54) is 0 Å². The number of pyridine rings is 1. The van der Waals surface area contributed by atoms with Gasteiger partial charge in [0, 0.05) is 51.5 Å². The Morgan fingerprint density at radius 3 is 2.78 bits per heavy atom. The summed E-state index contributed by atoms with van der Waals surface area (Å²) in [6.45, 7) is 7.17. The van der Waals surface area contributed by atoms with E-state index < -0.39 is 0 Å². The molecule has 2 aromatic rings. The Labute approximate surface area is 179 Å². The van der Waals surface area contributed by atoms with E-state index in [0.29, 0.717) is 6.54 Å². The summed E-state index contributed by atoms with van der Waals surface area (Å²) in [5.74, 6) is 0.839. The van der Waals surface area contributed by atoms with Crippen molar-refractivity contribution in [3.63, 3.8) is 0 Å². The summed E-state index contributed by atoms with van der Waals surface area (Å²) in [5, 5.41) is 7.86. The molecule has 1 aromatic carbocycles. The van der Waals surface area contributed by atoms with E-state index in [1.807, 2.05) is 12.3 Å². The van der Waals surface area contributed by atoms with E-state index >= 15 is 0 Å². The minimum absolute atomic E-state index is 0. The van der Waals surface area contributed by atoms with Gasteiger partial charge in [0.1, 0.15) is 0 Å². The van der Waals surface area contributed by atoms with E-state index in [-0.39, 0.29) is 24.0 Å². The molecule has 6 nitrogen and oxygen atoms in total. The van der Waals surface area contributed by atoms with Gasteiger partial charge in [-0.2, -0.15) is 0 Å². The number of nitrogens with one attached hydrogen (secondary N) is 2. The first-order chi connectivity index (χ1) is 12.7. The minimum Gasteiger partial charge on any atom is -0.385 e. The van der Waals surface area contributed by atoms with Crippen LogP contribution >= 0.6 is 24.0 Å². The molecule has 0 fully saturated rings. The molecule has 0 saturated carbocycles.